The molecule has 0 saturated heterocycles. The van der Waals surface area contributed by atoms with Crippen molar-refractivity contribution in [2.45, 2.75) is 32.2 Å². The highest BCUT2D eigenvalue weighted by Crippen LogP contribution is 2.31. The molecule has 2 atom stereocenters. The minimum absolute atomic E-state index is 0.0896. The van der Waals surface area contributed by atoms with E-state index in [2.05, 4.69) is 0 Å². The number of rotatable bonds is 3. The van der Waals surface area contributed by atoms with Gasteiger partial charge in [0.25, 0.3) is 0 Å². The second kappa shape index (κ2) is 4.33. The van der Waals surface area contributed by atoms with Gasteiger partial charge in [0.1, 0.15) is 11.5 Å². The van der Waals surface area contributed by atoms with Crippen molar-refractivity contribution in [2.24, 2.45) is 5.73 Å². The van der Waals surface area contributed by atoms with Crippen LogP contribution in [0.1, 0.15) is 31.7 Å². The summed E-state index contributed by atoms with van der Waals surface area (Å²) < 4.78 is 0. The molecular weight excluding hydrogens is 178 g/mol. The zero-order valence-corrected chi connectivity index (χ0v) is 8.57. The Morgan fingerprint density at radius 2 is 1.93 bits per heavy atom. The first-order valence-corrected chi connectivity index (χ1v) is 4.78. The SMILES string of the molecule is CC(N)CC(C)c1cc(O)ccc1O. The lowest BCUT2D eigenvalue weighted by molar-refractivity contribution is 0.444. The van der Waals surface area contributed by atoms with Crippen LogP contribution in [0.15, 0.2) is 18.2 Å². The molecule has 0 amide bonds. The van der Waals surface area contributed by atoms with Gasteiger partial charge in [0, 0.05) is 11.6 Å². The molecule has 14 heavy (non-hydrogen) atoms. The van der Waals surface area contributed by atoms with E-state index >= 15 is 0 Å². The third kappa shape index (κ3) is 2.64. The molecule has 2 unspecified atom stereocenters. The second-order valence-corrected chi connectivity index (χ2v) is 3.86. The van der Waals surface area contributed by atoms with Crippen molar-refractivity contribution in [3.63, 3.8) is 0 Å². The summed E-state index contributed by atoms with van der Waals surface area (Å²) in [6.07, 6.45) is 0.789. The van der Waals surface area contributed by atoms with Crippen LogP contribution in [0.4, 0.5) is 0 Å². The molecule has 0 aliphatic rings. The van der Waals surface area contributed by atoms with E-state index in [1.54, 1.807) is 6.07 Å². The molecule has 4 N–H and O–H groups in total. The van der Waals surface area contributed by atoms with Crippen molar-refractivity contribution in [3.8, 4) is 11.5 Å². The summed E-state index contributed by atoms with van der Waals surface area (Å²) in [5.41, 5.74) is 6.43. The molecule has 78 valence electrons. The molecule has 0 spiro atoms. The average molecular weight is 195 g/mol. The molecule has 0 heterocycles. The fourth-order valence-electron chi connectivity index (χ4n) is 1.62. The molecule has 3 nitrogen and oxygen atoms in total. The summed E-state index contributed by atoms with van der Waals surface area (Å²) in [4.78, 5) is 0. The summed E-state index contributed by atoms with van der Waals surface area (Å²) >= 11 is 0. The molecule has 0 fully saturated rings. The molecule has 3 heteroatoms. The topological polar surface area (TPSA) is 66.5 Å². The highest BCUT2D eigenvalue weighted by atomic mass is 16.3. The summed E-state index contributed by atoms with van der Waals surface area (Å²) in [5, 5.41) is 18.8. The van der Waals surface area contributed by atoms with Crippen molar-refractivity contribution in [1.29, 1.82) is 0 Å². The Kier molecular flexibility index (Phi) is 3.36. The lowest BCUT2D eigenvalue weighted by Gasteiger charge is -2.15. The second-order valence-electron chi connectivity index (χ2n) is 3.86. The minimum Gasteiger partial charge on any atom is -0.508 e. The molecule has 1 rings (SSSR count). The molecule has 0 aliphatic heterocycles. The zero-order chi connectivity index (χ0) is 10.7. The number of benzene rings is 1. The smallest absolute Gasteiger partial charge is 0.119 e. The van der Waals surface area contributed by atoms with Gasteiger partial charge in [0.05, 0.1) is 0 Å². The third-order valence-corrected chi connectivity index (χ3v) is 2.27. The number of hydrogen-bond acceptors (Lipinski definition) is 3. The molecule has 0 radical (unpaired) electrons. The summed E-state index contributed by atoms with van der Waals surface area (Å²) in [6, 6.07) is 4.65. The first kappa shape index (κ1) is 10.9. The number of phenolic OH excluding ortho intramolecular Hbond substituents is 2. The van der Waals surface area contributed by atoms with Gasteiger partial charge < -0.3 is 15.9 Å². The van der Waals surface area contributed by atoms with E-state index in [-0.39, 0.29) is 23.5 Å². The Hall–Kier alpha value is -1.22. The minimum atomic E-state index is 0.0896. The van der Waals surface area contributed by atoms with Gasteiger partial charge in [0.15, 0.2) is 0 Å². The molecule has 1 aromatic rings. The van der Waals surface area contributed by atoms with Crippen LogP contribution in [0.2, 0.25) is 0 Å². The fraction of sp³-hybridized carbons (Fsp3) is 0.455. The summed E-state index contributed by atoms with van der Waals surface area (Å²) in [6.45, 7) is 3.91. The fourth-order valence-corrected chi connectivity index (χ4v) is 1.62. The van der Waals surface area contributed by atoms with Crippen molar-refractivity contribution in [3.05, 3.63) is 23.8 Å². The number of nitrogens with two attached hydrogens (primary N) is 1. The molecule has 0 aliphatic carbocycles. The van der Waals surface area contributed by atoms with E-state index in [1.165, 1.54) is 12.1 Å². The average Bonchev–Trinajstić information content (AvgIpc) is 2.08. The number of phenols is 2. The van der Waals surface area contributed by atoms with Gasteiger partial charge in [-0.25, -0.2) is 0 Å². The van der Waals surface area contributed by atoms with Gasteiger partial charge in [-0.05, 0) is 37.5 Å². The lowest BCUT2D eigenvalue weighted by Crippen LogP contribution is -2.17. The van der Waals surface area contributed by atoms with Crippen LogP contribution in [0, 0.1) is 0 Å². The van der Waals surface area contributed by atoms with Gasteiger partial charge in [-0.3, -0.25) is 0 Å². The normalized spacial score (nSPS) is 15.1. The molecule has 1 aromatic carbocycles. The van der Waals surface area contributed by atoms with Crippen molar-refractivity contribution < 1.29 is 10.2 Å². The summed E-state index contributed by atoms with van der Waals surface area (Å²) in [7, 11) is 0. The Labute approximate surface area is 84.2 Å². The molecule has 0 bridgehead atoms. The highest BCUT2D eigenvalue weighted by molar-refractivity contribution is 5.40. The van der Waals surface area contributed by atoms with Crippen LogP contribution < -0.4 is 5.73 Å². The number of hydrogen-bond donors (Lipinski definition) is 3. The first-order valence-electron chi connectivity index (χ1n) is 4.78. The van der Waals surface area contributed by atoms with Crippen molar-refractivity contribution in [2.75, 3.05) is 0 Å². The maximum atomic E-state index is 9.57. The van der Waals surface area contributed by atoms with Gasteiger partial charge in [-0.2, -0.15) is 0 Å². The predicted molar refractivity (Wildman–Crippen MR) is 56.5 cm³/mol. The van der Waals surface area contributed by atoms with Gasteiger partial charge in [0.2, 0.25) is 0 Å². The third-order valence-electron chi connectivity index (χ3n) is 2.27. The van der Waals surface area contributed by atoms with Crippen LogP contribution in [0.3, 0.4) is 0 Å². The maximum Gasteiger partial charge on any atom is 0.119 e. The van der Waals surface area contributed by atoms with Crippen LogP contribution in [-0.4, -0.2) is 16.3 Å². The van der Waals surface area contributed by atoms with E-state index in [1.807, 2.05) is 13.8 Å². The monoisotopic (exact) mass is 195 g/mol. The Morgan fingerprint density at radius 1 is 1.29 bits per heavy atom. The standard InChI is InChI=1S/C11H17NO2/c1-7(5-8(2)12)10-6-9(13)3-4-11(10)14/h3-4,6-8,13-14H,5,12H2,1-2H3. The van der Waals surface area contributed by atoms with E-state index in [0.717, 1.165) is 12.0 Å². The summed E-state index contributed by atoms with van der Waals surface area (Å²) in [5.74, 6) is 0.548. The van der Waals surface area contributed by atoms with E-state index < -0.39 is 0 Å². The van der Waals surface area contributed by atoms with Crippen molar-refractivity contribution in [1.82, 2.24) is 0 Å². The highest BCUT2D eigenvalue weighted by Gasteiger charge is 2.12. The van der Waals surface area contributed by atoms with E-state index in [4.69, 9.17) is 5.73 Å². The Bertz CT molecular complexity index is 310. The van der Waals surface area contributed by atoms with Gasteiger partial charge in [-0.15, -0.1) is 0 Å². The first-order chi connectivity index (χ1) is 6.50. The Balaban J connectivity index is 2.88. The van der Waals surface area contributed by atoms with E-state index in [0.29, 0.717) is 0 Å². The quantitative estimate of drug-likeness (QED) is 0.646. The van der Waals surface area contributed by atoms with Crippen LogP contribution in [-0.2, 0) is 0 Å². The molecular formula is C11H17NO2. The van der Waals surface area contributed by atoms with Crippen molar-refractivity contribution >= 4 is 0 Å². The predicted octanol–water partition coefficient (Wildman–Crippen LogP) is 1.94. The van der Waals surface area contributed by atoms with Crippen LogP contribution in [0.25, 0.3) is 0 Å². The zero-order valence-electron chi connectivity index (χ0n) is 8.57. The maximum absolute atomic E-state index is 9.57. The largest absolute Gasteiger partial charge is 0.508 e. The van der Waals surface area contributed by atoms with Gasteiger partial charge >= 0.3 is 0 Å². The van der Waals surface area contributed by atoms with Crippen LogP contribution in [0.5, 0.6) is 11.5 Å². The lowest BCUT2D eigenvalue weighted by atomic mass is 9.94. The van der Waals surface area contributed by atoms with E-state index in [9.17, 15) is 10.2 Å². The van der Waals surface area contributed by atoms with Crippen LogP contribution >= 0.6 is 0 Å². The molecule has 0 aromatic heterocycles. The molecule has 0 saturated carbocycles. The Morgan fingerprint density at radius 3 is 2.50 bits per heavy atom. The number of aromatic hydroxyl groups is 2. The van der Waals surface area contributed by atoms with Gasteiger partial charge in [-0.1, -0.05) is 6.92 Å².